The number of rotatable bonds is 40. The minimum atomic E-state index is -0.754. The van der Waals surface area contributed by atoms with Gasteiger partial charge >= 0.3 is 36.1 Å². The lowest BCUT2D eigenvalue weighted by Crippen LogP contribution is -2.38. The molecule has 2 aromatic carbocycles. The fourth-order valence-corrected chi connectivity index (χ4v) is 8.30. The molecule has 0 spiro atoms. The van der Waals surface area contributed by atoms with Crippen molar-refractivity contribution < 1.29 is 57.6 Å². The standard InChI is InChI=1S/C41H67NO6.C24H37NO6/c1-6-8-10-12-14-19-23-34-46-38(43)27-21-17-16-18-22-32-42(40(45)48-41(3,4)5)33-25-26-36-28-30-37(31-29-36)39(44)47-35-24-20-15-13-11-9-7-2;1-24(2,3)31-23(29)25(17-9-7-5-6-8-12-21(26)27)18-10-11-19-13-15-20(16-14-19)22(28)30-4/h19-20,23-24,28-31H,6-18,21-22,25-27,32-35H2,1-5H3;13-16H,5-12,17-18H2,1-4H3,(H,26,27)/b23-19-,24-20-;. The highest BCUT2D eigenvalue weighted by Crippen LogP contribution is 2.17. The van der Waals surface area contributed by atoms with Crippen molar-refractivity contribution in [1.82, 2.24) is 9.80 Å². The normalized spacial score (nSPS) is 11.5. The van der Waals surface area contributed by atoms with E-state index >= 15 is 0 Å². The molecule has 2 rings (SSSR count). The Bertz CT molecular complexity index is 2020. The second-order valence-electron chi connectivity index (χ2n) is 22.4. The van der Waals surface area contributed by atoms with Crippen molar-refractivity contribution in [3.8, 4) is 0 Å². The molecule has 0 atom stereocenters. The first-order chi connectivity index (χ1) is 37.8. The monoisotopic (exact) mass is 1100 g/mol. The number of nitrogens with zero attached hydrogens (tertiary/aromatic N) is 2. The van der Waals surface area contributed by atoms with E-state index in [0.29, 0.717) is 63.4 Å². The Morgan fingerprint density at radius 3 is 1.25 bits per heavy atom. The van der Waals surface area contributed by atoms with Crippen molar-refractivity contribution in [2.45, 2.75) is 234 Å². The van der Waals surface area contributed by atoms with E-state index < -0.39 is 17.2 Å². The smallest absolute Gasteiger partial charge is 0.410 e. The van der Waals surface area contributed by atoms with Crippen LogP contribution in [0.1, 0.15) is 241 Å². The predicted octanol–water partition coefficient (Wildman–Crippen LogP) is 16.0. The summed E-state index contributed by atoms with van der Waals surface area (Å²) in [6.07, 6.45) is 32.3. The first-order valence-corrected chi connectivity index (χ1v) is 29.8. The number of methoxy groups -OCH3 is 1. The molecule has 2 aromatic rings. The Balaban J connectivity index is 0.000000867. The van der Waals surface area contributed by atoms with Crippen molar-refractivity contribution in [2.75, 3.05) is 46.5 Å². The molecule has 14 nitrogen and oxygen atoms in total. The predicted molar refractivity (Wildman–Crippen MR) is 317 cm³/mol. The zero-order valence-electron chi connectivity index (χ0n) is 50.4. The molecule has 14 heteroatoms. The molecule has 0 aliphatic rings. The lowest BCUT2D eigenvalue weighted by molar-refractivity contribution is -0.142. The van der Waals surface area contributed by atoms with Gasteiger partial charge in [-0.2, -0.15) is 0 Å². The van der Waals surface area contributed by atoms with Crippen molar-refractivity contribution in [3.63, 3.8) is 0 Å². The summed E-state index contributed by atoms with van der Waals surface area (Å²) in [5, 5.41) is 8.68. The minimum Gasteiger partial charge on any atom is -0.481 e. The lowest BCUT2D eigenvalue weighted by Gasteiger charge is -2.27. The molecule has 79 heavy (non-hydrogen) atoms. The quantitative estimate of drug-likeness (QED) is 0.0290. The van der Waals surface area contributed by atoms with Crippen LogP contribution in [0, 0.1) is 0 Å². The second-order valence-corrected chi connectivity index (χ2v) is 22.4. The Hall–Kier alpha value is -5.66. The Morgan fingerprint density at radius 2 is 0.835 bits per heavy atom. The molecular weight excluding hydrogens is 1000 g/mol. The summed E-state index contributed by atoms with van der Waals surface area (Å²) in [4.78, 5) is 75.5. The van der Waals surface area contributed by atoms with Gasteiger partial charge in [-0.1, -0.05) is 139 Å². The zero-order chi connectivity index (χ0) is 58.6. The molecule has 0 aliphatic carbocycles. The van der Waals surface area contributed by atoms with Crippen LogP contribution < -0.4 is 0 Å². The number of aryl methyl sites for hydroxylation is 2. The summed E-state index contributed by atoms with van der Waals surface area (Å²) in [7, 11) is 1.36. The number of carboxylic acids is 1. The molecule has 0 aliphatic heterocycles. The lowest BCUT2D eigenvalue weighted by atomic mass is 10.1. The van der Waals surface area contributed by atoms with Gasteiger partial charge in [-0.05, 0) is 154 Å². The van der Waals surface area contributed by atoms with Gasteiger partial charge in [0.25, 0.3) is 0 Å². The molecule has 0 heterocycles. The molecule has 2 amide bonds. The van der Waals surface area contributed by atoms with Gasteiger partial charge in [-0.3, -0.25) is 9.59 Å². The molecule has 0 saturated carbocycles. The van der Waals surface area contributed by atoms with Crippen LogP contribution >= 0.6 is 0 Å². The number of hydrogen-bond acceptors (Lipinski definition) is 11. The number of unbranched alkanes of at least 4 members (excludes halogenated alkanes) is 16. The van der Waals surface area contributed by atoms with Crippen LogP contribution in [0.3, 0.4) is 0 Å². The molecular formula is C65H104N2O12. The highest BCUT2D eigenvalue weighted by Gasteiger charge is 2.23. The van der Waals surface area contributed by atoms with Crippen LogP contribution in [-0.4, -0.2) is 109 Å². The number of carboxylic acid groups (broad SMARTS) is 1. The second kappa shape index (κ2) is 44.1. The number of amides is 2. The average Bonchev–Trinajstić information content (AvgIpc) is 3.40. The van der Waals surface area contributed by atoms with Crippen LogP contribution in [0.2, 0.25) is 0 Å². The summed E-state index contributed by atoms with van der Waals surface area (Å²) in [5.74, 6) is -1.56. The van der Waals surface area contributed by atoms with E-state index in [1.165, 1.54) is 58.5 Å². The van der Waals surface area contributed by atoms with E-state index in [1.807, 2.05) is 95.0 Å². The van der Waals surface area contributed by atoms with Crippen molar-refractivity contribution in [2.24, 2.45) is 0 Å². The van der Waals surface area contributed by atoms with E-state index in [-0.39, 0.29) is 36.5 Å². The van der Waals surface area contributed by atoms with Crippen LogP contribution in [-0.2, 0) is 46.1 Å². The minimum absolute atomic E-state index is 0.132. The van der Waals surface area contributed by atoms with Gasteiger partial charge in [0.1, 0.15) is 24.4 Å². The fraction of sp³-hybridized carbons (Fsp3) is 0.662. The third kappa shape index (κ3) is 40.2. The Labute approximate surface area is 476 Å². The molecule has 0 saturated heterocycles. The number of esters is 3. The number of carbonyl (C=O) groups is 6. The Kier molecular flexibility index (Phi) is 39.9. The van der Waals surface area contributed by atoms with E-state index in [4.69, 9.17) is 28.8 Å². The molecule has 0 bridgehead atoms. The van der Waals surface area contributed by atoms with Crippen molar-refractivity contribution >= 4 is 36.1 Å². The SMILES string of the molecule is CCCCCC/C=C\COC(=O)CCCCCCCN(CCCc1ccc(C(=O)OC/C=C\CCCCCC)cc1)C(=O)OC(C)(C)C.COC(=O)c1ccc(CCCN(CCCCCCCC(=O)O)C(=O)OC(C)(C)C)cc1. The summed E-state index contributed by atoms with van der Waals surface area (Å²) in [6.45, 7) is 18.7. The maximum Gasteiger partial charge on any atom is 0.410 e. The zero-order valence-corrected chi connectivity index (χ0v) is 50.4. The van der Waals surface area contributed by atoms with E-state index in [2.05, 4.69) is 26.0 Å². The van der Waals surface area contributed by atoms with Crippen LogP contribution in [0.4, 0.5) is 9.59 Å². The highest BCUT2D eigenvalue weighted by molar-refractivity contribution is 5.89. The van der Waals surface area contributed by atoms with Crippen LogP contribution in [0.15, 0.2) is 72.8 Å². The van der Waals surface area contributed by atoms with E-state index in [1.54, 1.807) is 17.0 Å². The van der Waals surface area contributed by atoms with Gasteiger partial charge in [0, 0.05) is 39.0 Å². The van der Waals surface area contributed by atoms with Gasteiger partial charge in [-0.25, -0.2) is 19.2 Å². The molecule has 0 fully saturated rings. The largest absolute Gasteiger partial charge is 0.481 e. The number of hydrogen-bond donors (Lipinski definition) is 1. The summed E-state index contributed by atoms with van der Waals surface area (Å²) in [6, 6.07) is 14.8. The fourth-order valence-electron chi connectivity index (χ4n) is 8.30. The molecule has 0 unspecified atom stereocenters. The average molecular weight is 1110 g/mol. The summed E-state index contributed by atoms with van der Waals surface area (Å²) >= 11 is 0. The number of aliphatic carboxylic acids is 1. The van der Waals surface area contributed by atoms with E-state index in [0.717, 1.165) is 107 Å². The van der Waals surface area contributed by atoms with Gasteiger partial charge in [0.2, 0.25) is 0 Å². The van der Waals surface area contributed by atoms with Gasteiger partial charge in [0.15, 0.2) is 0 Å². The number of allylic oxidation sites excluding steroid dienone is 2. The van der Waals surface area contributed by atoms with Crippen LogP contribution in [0.25, 0.3) is 0 Å². The van der Waals surface area contributed by atoms with Crippen LogP contribution in [0.5, 0.6) is 0 Å². The van der Waals surface area contributed by atoms with E-state index in [9.17, 15) is 28.8 Å². The first-order valence-electron chi connectivity index (χ1n) is 29.8. The highest BCUT2D eigenvalue weighted by atomic mass is 16.6. The van der Waals surface area contributed by atoms with Crippen molar-refractivity contribution in [3.05, 3.63) is 95.1 Å². The summed E-state index contributed by atoms with van der Waals surface area (Å²) < 4.78 is 26.6. The number of benzene rings is 2. The number of ether oxygens (including phenoxy) is 5. The third-order valence-electron chi connectivity index (χ3n) is 12.7. The third-order valence-corrected chi connectivity index (χ3v) is 12.7. The molecule has 0 radical (unpaired) electrons. The molecule has 0 aromatic heterocycles. The molecule has 1 N–H and O–H groups in total. The summed E-state index contributed by atoms with van der Waals surface area (Å²) in [5.41, 5.74) is 2.17. The van der Waals surface area contributed by atoms with Gasteiger partial charge in [0.05, 0.1) is 18.2 Å². The first kappa shape index (κ1) is 71.4. The topological polar surface area (TPSA) is 175 Å². The maximum atomic E-state index is 12.9. The van der Waals surface area contributed by atoms with Crippen molar-refractivity contribution in [1.29, 1.82) is 0 Å². The Morgan fingerprint density at radius 1 is 0.456 bits per heavy atom. The number of carbonyl (C=O) groups excluding carboxylic acids is 5. The van der Waals surface area contributed by atoms with Gasteiger partial charge in [-0.15, -0.1) is 0 Å². The molecule has 446 valence electrons. The van der Waals surface area contributed by atoms with Gasteiger partial charge < -0.3 is 38.6 Å². The maximum absolute atomic E-state index is 12.9.